The van der Waals surface area contributed by atoms with Crippen molar-refractivity contribution in [1.29, 1.82) is 0 Å². The Morgan fingerprint density at radius 1 is 1.17 bits per heavy atom. The van der Waals surface area contributed by atoms with Crippen LogP contribution in [0.25, 0.3) is 17.1 Å². The van der Waals surface area contributed by atoms with E-state index in [-0.39, 0.29) is 17.6 Å². The maximum Gasteiger partial charge on any atom is 0.251 e. The van der Waals surface area contributed by atoms with Crippen molar-refractivity contribution in [3.63, 3.8) is 0 Å². The van der Waals surface area contributed by atoms with E-state index in [4.69, 9.17) is 4.52 Å². The molecule has 4 aromatic rings. The van der Waals surface area contributed by atoms with Gasteiger partial charge >= 0.3 is 0 Å². The molecule has 1 N–H and O–H groups in total. The van der Waals surface area contributed by atoms with Gasteiger partial charge in [0.25, 0.3) is 5.91 Å². The standard InChI is InChI=1S/C21H18FN5O2S/c1-13(20-25-18(26-29-20)14-3-7-16(22)8-4-14)24-19(28)15-5-9-17(10-6-15)27-12-11-23-21(27)30-2/h3-13H,1-2H3,(H,24,28). The van der Waals surface area contributed by atoms with Crippen LogP contribution in [0, 0.1) is 5.82 Å². The summed E-state index contributed by atoms with van der Waals surface area (Å²) in [6.45, 7) is 1.75. The number of nitrogens with zero attached hydrogens (tertiary/aromatic N) is 4. The van der Waals surface area contributed by atoms with Gasteiger partial charge in [0.1, 0.15) is 11.9 Å². The molecular weight excluding hydrogens is 405 g/mol. The molecule has 30 heavy (non-hydrogen) atoms. The normalized spacial score (nSPS) is 12.0. The van der Waals surface area contributed by atoms with Crippen LogP contribution in [0.1, 0.15) is 29.2 Å². The van der Waals surface area contributed by atoms with Crippen molar-refractivity contribution in [1.82, 2.24) is 25.0 Å². The van der Waals surface area contributed by atoms with Crippen molar-refractivity contribution in [2.45, 2.75) is 18.1 Å². The van der Waals surface area contributed by atoms with Crippen molar-refractivity contribution in [3.8, 4) is 17.1 Å². The maximum absolute atomic E-state index is 13.1. The van der Waals surface area contributed by atoms with Gasteiger partial charge in [-0.3, -0.25) is 9.36 Å². The van der Waals surface area contributed by atoms with Crippen LogP contribution in [0.4, 0.5) is 4.39 Å². The van der Waals surface area contributed by atoms with Crippen molar-refractivity contribution >= 4 is 17.7 Å². The van der Waals surface area contributed by atoms with Gasteiger partial charge in [-0.25, -0.2) is 9.37 Å². The number of carbonyl (C=O) groups excluding carboxylic acids is 1. The van der Waals surface area contributed by atoms with Crippen molar-refractivity contribution in [2.24, 2.45) is 0 Å². The fourth-order valence-corrected chi connectivity index (χ4v) is 3.41. The lowest BCUT2D eigenvalue weighted by Crippen LogP contribution is -2.26. The minimum atomic E-state index is -0.490. The highest BCUT2D eigenvalue weighted by Crippen LogP contribution is 2.21. The second kappa shape index (κ2) is 8.50. The predicted octanol–water partition coefficient (Wildman–Crippen LogP) is 4.27. The number of nitrogens with one attached hydrogen (secondary N) is 1. The number of halogens is 1. The topological polar surface area (TPSA) is 85.8 Å². The Morgan fingerprint density at radius 2 is 1.90 bits per heavy atom. The van der Waals surface area contributed by atoms with Crippen molar-refractivity contribution in [3.05, 3.63) is 78.2 Å². The Hall–Kier alpha value is -3.46. The van der Waals surface area contributed by atoms with E-state index < -0.39 is 6.04 Å². The quantitative estimate of drug-likeness (QED) is 0.466. The van der Waals surface area contributed by atoms with Gasteiger partial charge in [-0.15, -0.1) is 0 Å². The lowest BCUT2D eigenvalue weighted by molar-refractivity contribution is 0.0932. The van der Waals surface area contributed by atoms with Gasteiger partial charge in [-0.2, -0.15) is 4.98 Å². The molecule has 0 saturated heterocycles. The third kappa shape index (κ3) is 4.11. The van der Waals surface area contributed by atoms with Gasteiger partial charge in [0.05, 0.1) is 0 Å². The monoisotopic (exact) mass is 423 g/mol. The number of hydrogen-bond acceptors (Lipinski definition) is 6. The highest BCUT2D eigenvalue weighted by molar-refractivity contribution is 7.98. The first-order valence-electron chi connectivity index (χ1n) is 9.13. The molecular formula is C21H18FN5O2S. The molecule has 0 aliphatic rings. The molecule has 0 saturated carbocycles. The Bertz CT molecular complexity index is 1150. The zero-order chi connectivity index (χ0) is 21.1. The Morgan fingerprint density at radius 3 is 2.60 bits per heavy atom. The van der Waals surface area contributed by atoms with Crippen molar-refractivity contribution in [2.75, 3.05) is 6.26 Å². The van der Waals surface area contributed by atoms with E-state index in [1.165, 1.54) is 12.1 Å². The molecule has 152 valence electrons. The summed E-state index contributed by atoms with van der Waals surface area (Å²) < 4.78 is 20.3. The molecule has 9 heteroatoms. The Kier molecular flexibility index (Phi) is 5.62. The van der Waals surface area contributed by atoms with Gasteiger partial charge in [-0.1, -0.05) is 16.9 Å². The number of carbonyl (C=O) groups is 1. The van der Waals surface area contributed by atoms with Gasteiger partial charge in [-0.05, 0) is 61.7 Å². The van der Waals surface area contributed by atoms with Crippen LogP contribution in [0.5, 0.6) is 0 Å². The van der Waals surface area contributed by atoms with Crippen LogP contribution in [0.2, 0.25) is 0 Å². The van der Waals surface area contributed by atoms with Gasteiger partial charge in [0.15, 0.2) is 5.16 Å². The fourth-order valence-electron chi connectivity index (χ4n) is 2.88. The lowest BCUT2D eigenvalue weighted by atomic mass is 10.1. The average Bonchev–Trinajstić information content (AvgIpc) is 3.44. The number of thioether (sulfide) groups is 1. The largest absolute Gasteiger partial charge is 0.341 e. The molecule has 2 heterocycles. The van der Waals surface area contributed by atoms with Crippen LogP contribution in [0.3, 0.4) is 0 Å². The first kappa shape index (κ1) is 19.8. The lowest BCUT2D eigenvalue weighted by Gasteiger charge is -2.11. The van der Waals surface area contributed by atoms with Crippen LogP contribution in [-0.2, 0) is 0 Å². The number of amides is 1. The van der Waals surface area contributed by atoms with E-state index in [0.717, 1.165) is 10.8 Å². The molecule has 4 rings (SSSR count). The third-order valence-corrected chi connectivity index (χ3v) is 5.13. The maximum atomic E-state index is 13.1. The molecule has 0 aliphatic heterocycles. The summed E-state index contributed by atoms with van der Waals surface area (Å²) >= 11 is 1.55. The molecule has 0 fully saturated rings. The average molecular weight is 423 g/mol. The molecule has 0 spiro atoms. The molecule has 1 amide bonds. The summed E-state index contributed by atoms with van der Waals surface area (Å²) in [6.07, 6.45) is 5.57. The molecule has 0 aliphatic carbocycles. The third-order valence-electron chi connectivity index (χ3n) is 4.46. The number of hydrogen-bond donors (Lipinski definition) is 1. The summed E-state index contributed by atoms with van der Waals surface area (Å²) in [5.74, 6) is 0.000776. The molecule has 0 bridgehead atoms. The van der Waals surface area contributed by atoms with E-state index in [1.54, 1.807) is 49.1 Å². The first-order chi connectivity index (χ1) is 14.5. The van der Waals surface area contributed by atoms with E-state index in [1.807, 2.05) is 29.2 Å². The number of rotatable bonds is 6. The van der Waals surface area contributed by atoms with Crippen LogP contribution >= 0.6 is 11.8 Å². The summed E-state index contributed by atoms with van der Waals surface area (Å²) in [5, 5.41) is 7.62. The molecule has 2 aromatic heterocycles. The Balaban J connectivity index is 1.44. The number of imidazole rings is 1. The Labute approximate surface area is 176 Å². The summed E-state index contributed by atoms with van der Waals surface area (Å²) in [7, 11) is 0. The molecule has 1 unspecified atom stereocenters. The molecule has 7 nitrogen and oxygen atoms in total. The highest BCUT2D eigenvalue weighted by Gasteiger charge is 2.18. The number of benzene rings is 2. The van der Waals surface area contributed by atoms with Gasteiger partial charge in [0, 0.05) is 29.2 Å². The van der Waals surface area contributed by atoms with Crippen LogP contribution in [0.15, 0.2) is 70.6 Å². The van der Waals surface area contributed by atoms with E-state index in [0.29, 0.717) is 17.0 Å². The summed E-state index contributed by atoms with van der Waals surface area (Å²) in [6, 6.07) is 12.5. The fraction of sp³-hybridized carbons (Fsp3) is 0.143. The second-order valence-corrected chi connectivity index (χ2v) is 7.26. The van der Waals surface area contributed by atoms with E-state index in [2.05, 4.69) is 20.4 Å². The molecule has 2 aromatic carbocycles. The number of aromatic nitrogens is 4. The smallest absolute Gasteiger partial charge is 0.251 e. The van der Waals surface area contributed by atoms with Gasteiger partial charge in [0.2, 0.25) is 11.7 Å². The summed E-state index contributed by atoms with van der Waals surface area (Å²) in [4.78, 5) is 21.2. The van der Waals surface area contributed by atoms with E-state index >= 15 is 0 Å². The molecule has 1 atom stereocenters. The SMILES string of the molecule is CSc1nccn1-c1ccc(C(=O)NC(C)c2nc(-c3ccc(F)cc3)no2)cc1. The highest BCUT2D eigenvalue weighted by atomic mass is 32.2. The van der Waals surface area contributed by atoms with Crippen LogP contribution < -0.4 is 5.32 Å². The zero-order valence-electron chi connectivity index (χ0n) is 16.2. The van der Waals surface area contributed by atoms with Crippen LogP contribution in [-0.4, -0.2) is 31.9 Å². The molecule has 0 radical (unpaired) electrons. The predicted molar refractivity (Wildman–Crippen MR) is 111 cm³/mol. The second-order valence-electron chi connectivity index (χ2n) is 6.49. The minimum Gasteiger partial charge on any atom is -0.341 e. The van der Waals surface area contributed by atoms with E-state index in [9.17, 15) is 9.18 Å². The van der Waals surface area contributed by atoms with Crippen molar-refractivity contribution < 1.29 is 13.7 Å². The minimum absolute atomic E-state index is 0.258. The zero-order valence-corrected chi connectivity index (χ0v) is 17.1. The van der Waals surface area contributed by atoms with Gasteiger partial charge < -0.3 is 9.84 Å². The first-order valence-corrected chi connectivity index (χ1v) is 10.4. The summed E-state index contributed by atoms with van der Waals surface area (Å²) in [5.41, 5.74) is 2.06.